The van der Waals surface area contributed by atoms with Gasteiger partial charge in [-0.05, 0) is 18.6 Å². The van der Waals surface area contributed by atoms with Gasteiger partial charge in [-0.1, -0.05) is 25.5 Å². The van der Waals surface area contributed by atoms with Crippen molar-refractivity contribution in [2.24, 2.45) is 0 Å². The Morgan fingerprint density at radius 3 is 2.71 bits per heavy atom. The highest BCUT2D eigenvalue weighted by Crippen LogP contribution is 2.14. The molecule has 1 aromatic rings. The number of rotatable bonds is 5. The molecule has 0 saturated carbocycles. The van der Waals surface area contributed by atoms with Crippen LogP contribution in [-0.2, 0) is 4.74 Å². The Morgan fingerprint density at radius 1 is 1.35 bits per heavy atom. The number of unbranched alkanes of at least 4 members (excludes halogenated alkanes) is 1. The van der Waals surface area contributed by atoms with Gasteiger partial charge in [0.25, 0.3) is 0 Å². The van der Waals surface area contributed by atoms with Crippen LogP contribution in [0.25, 0.3) is 0 Å². The first-order chi connectivity index (χ1) is 8.15. The Kier molecular flexibility index (Phi) is 5.00. The van der Waals surface area contributed by atoms with Crippen molar-refractivity contribution in [1.29, 1.82) is 0 Å². The van der Waals surface area contributed by atoms with Gasteiger partial charge < -0.3 is 9.84 Å². The molecule has 0 aliphatic carbocycles. The summed E-state index contributed by atoms with van der Waals surface area (Å²) in [6, 6.07) is 6.18. The molecule has 0 atom stereocenters. The molecule has 92 valence electrons. The van der Waals surface area contributed by atoms with Crippen LogP contribution in [0.15, 0.2) is 24.3 Å². The molecule has 0 heterocycles. The first-order valence-corrected chi connectivity index (χ1v) is 5.41. The highest BCUT2D eigenvalue weighted by Gasteiger charge is 2.11. The number of para-hydroxylation sites is 1. The third kappa shape index (κ3) is 4.14. The summed E-state index contributed by atoms with van der Waals surface area (Å²) in [5, 5.41) is 11.3. The van der Waals surface area contributed by atoms with Crippen molar-refractivity contribution in [2.45, 2.75) is 19.8 Å². The van der Waals surface area contributed by atoms with Gasteiger partial charge in [-0.15, -0.1) is 0 Å². The summed E-state index contributed by atoms with van der Waals surface area (Å²) >= 11 is 0. The van der Waals surface area contributed by atoms with Crippen molar-refractivity contribution < 1.29 is 19.4 Å². The number of benzene rings is 1. The fraction of sp³-hybridized carbons (Fsp3) is 0.333. The SMILES string of the molecule is CCCCOC(=O)Nc1ccccc1C(=O)O. The number of carbonyl (C=O) groups is 2. The molecular weight excluding hydrogens is 222 g/mol. The number of hydrogen-bond acceptors (Lipinski definition) is 3. The lowest BCUT2D eigenvalue weighted by atomic mass is 10.2. The van der Waals surface area contributed by atoms with E-state index in [1.807, 2.05) is 6.92 Å². The van der Waals surface area contributed by atoms with Crippen molar-refractivity contribution in [3.8, 4) is 0 Å². The number of aromatic carboxylic acids is 1. The fourth-order valence-electron chi connectivity index (χ4n) is 1.23. The summed E-state index contributed by atoms with van der Waals surface area (Å²) in [6.45, 7) is 2.32. The normalized spacial score (nSPS) is 9.71. The molecule has 0 radical (unpaired) electrons. The minimum Gasteiger partial charge on any atom is -0.478 e. The van der Waals surface area contributed by atoms with Crippen molar-refractivity contribution >= 4 is 17.7 Å². The van der Waals surface area contributed by atoms with Crippen LogP contribution in [0.2, 0.25) is 0 Å². The molecule has 1 aromatic carbocycles. The largest absolute Gasteiger partial charge is 0.478 e. The number of carbonyl (C=O) groups excluding carboxylic acids is 1. The average molecular weight is 237 g/mol. The number of carboxylic acid groups (broad SMARTS) is 1. The minimum atomic E-state index is -1.09. The van der Waals surface area contributed by atoms with Crippen LogP contribution in [-0.4, -0.2) is 23.8 Å². The molecule has 0 unspecified atom stereocenters. The van der Waals surface area contributed by atoms with Gasteiger partial charge in [0, 0.05) is 0 Å². The van der Waals surface area contributed by atoms with Crippen molar-refractivity contribution in [3.63, 3.8) is 0 Å². The van der Waals surface area contributed by atoms with Gasteiger partial charge in [0.05, 0.1) is 17.9 Å². The van der Waals surface area contributed by atoms with Gasteiger partial charge >= 0.3 is 12.1 Å². The average Bonchev–Trinajstić information content (AvgIpc) is 2.29. The molecule has 0 saturated heterocycles. The Balaban J connectivity index is 2.61. The van der Waals surface area contributed by atoms with Gasteiger partial charge in [-0.3, -0.25) is 5.32 Å². The third-order valence-electron chi connectivity index (χ3n) is 2.13. The maximum atomic E-state index is 11.3. The predicted molar refractivity (Wildman–Crippen MR) is 63.3 cm³/mol. The second-order valence-corrected chi connectivity index (χ2v) is 3.47. The maximum Gasteiger partial charge on any atom is 0.411 e. The summed E-state index contributed by atoms with van der Waals surface area (Å²) in [6.07, 6.45) is 1.08. The molecule has 0 spiro atoms. The van der Waals surface area contributed by atoms with E-state index >= 15 is 0 Å². The molecule has 0 bridgehead atoms. The lowest BCUT2D eigenvalue weighted by Gasteiger charge is -2.08. The van der Waals surface area contributed by atoms with Crippen LogP contribution in [0.4, 0.5) is 10.5 Å². The topological polar surface area (TPSA) is 75.6 Å². The van der Waals surface area contributed by atoms with Crippen LogP contribution in [0.1, 0.15) is 30.1 Å². The van der Waals surface area contributed by atoms with E-state index in [9.17, 15) is 9.59 Å². The standard InChI is InChI=1S/C12H15NO4/c1-2-3-8-17-12(16)13-10-7-5-4-6-9(10)11(14)15/h4-7H,2-3,8H2,1H3,(H,13,16)(H,14,15). The zero-order chi connectivity index (χ0) is 12.7. The van der Waals surface area contributed by atoms with E-state index in [2.05, 4.69) is 5.32 Å². The van der Waals surface area contributed by atoms with E-state index in [0.717, 1.165) is 12.8 Å². The quantitative estimate of drug-likeness (QED) is 0.772. The lowest BCUT2D eigenvalue weighted by molar-refractivity contribution is 0.0698. The lowest BCUT2D eigenvalue weighted by Crippen LogP contribution is -2.16. The van der Waals surface area contributed by atoms with Gasteiger partial charge in [-0.2, -0.15) is 0 Å². The molecule has 0 aliphatic heterocycles. The summed E-state index contributed by atoms with van der Waals surface area (Å²) in [5.41, 5.74) is 0.279. The van der Waals surface area contributed by atoms with Gasteiger partial charge in [-0.25, -0.2) is 9.59 Å². The van der Waals surface area contributed by atoms with Gasteiger partial charge in [0.1, 0.15) is 0 Å². The molecule has 1 rings (SSSR count). The van der Waals surface area contributed by atoms with E-state index < -0.39 is 12.1 Å². The Labute approximate surface area is 99.4 Å². The van der Waals surface area contributed by atoms with Gasteiger partial charge in [0.15, 0.2) is 0 Å². The summed E-state index contributed by atoms with van der Waals surface area (Å²) in [4.78, 5) is 22.2. The van der Waals surface area contributed by atoms with Crippen LogP contribution in [0.5, 0.6) is 0 Å². The van der Waals surface area contributed by atoms with Crippen LogP contribution in [0.3, 0.4) is 0 Å². The second kappa shape index (κ2) is 6.52. The van der Waals surface area contributed by atoms with Crippen LogP contribution >= 0.6 is 0 Å². The zero-order valence-electron chi connectivity index (χ0n) is 9.60. The molecule has 0 aliphatic rings. The molecule has 5 nitrogen and oxygen atoms in total. The highest BCUT2D eigenvalue weighted by atomic mass is 16.5. The molecular formula is C12H15NO4. The number of anilines is 1. The summed E-state index contributed by atoms with van der Waals surface area (Å²) in [5.74, 6) is -1.09. The Morgan fingerprint density at radius 2 is 2.06 bits per heavy atom. The Hall–Kier alpha value is -2.04. The number of nitrogens with one attached hydrogen (secondary N) is 1. The first-order valence-electron chi connectivity index (χ1n) is 5.41. The van der Waals surface area contributed by atoms with Crippen molar-refractivity contribution in [2.75, 3.05) is 11.9 Å². The maximum absolute atomic E-state index is 11.3. The van der Waals surface area contributed by atoms with E-state index in [-0.39, 0.29) is 11.3 Å². The third-order valence-corrected chi connectivity index (χ3v) is 2.13. The molecule has 17 heavy (non-hydrogen) atoms. The van der Waals surface area contributed by atoms with E-state index in [1.54, 1.807) is 12.1 Å². The molecule has 2 N–H and O–H groups in total. The number of amides is 1. The van der Waals surface area contributed by atoms with Crippen LogP contribution in [0, 0.1) is 0 Å². The van der Waals surface area contributed by atoms with Crippen LogP contribution < -0.4 is 5.32 Å². The summed E-state index contributed by atoms with van der Waals surface area (Å²) in [7, 11) is 0. The number of hydrogen-bond donors (Lipinski definition) is 2. The first kappa shape index (κ1) is 13.0. The molecule has 5 heteroatoms. The van der Waals surface area contributed by atoms with E-state index in [0.29, 0.717) is 6.61 Å². The van der Waals surface area contributed by atoms with Gasteiger partial charge in [0.2, 0.25) is 0 Å². The Bertz CT molecular complexity index is 403. The predicted octanol–water partition coefficient (Wildman–Crippen LogP) is 2.73. The smallest absolute Gasteiger partial charge is 0.411 e. The monoisotopic (exact) mass is 237 g/mol. The highest BCUT2D eigenvalue weighted by molar-refractivity contribution is 5.98. The minimum absolute atomic E-state index is 0.0416. The molecule has 0 aromatic heterocycles. The number of carboxylic acids is 1. The van der Waals surface area contributed by atoms with Crippen molar-refractivity contribution in [3.05, 3.63) is 29.8 Å². The molecule has 0 fully saturated rings. The van der Waals surface area contributed by atoms with E-state index in [4.69, 9.17) is 9.84 Å². The molecule has 1 amide bonds. The van der Waals surface area contributed by atoms with Crippen molar-refractivity contribution in [1.82, 2.24) is 0 Å². The fourth-order valence-corrected chi connectivity index (χ4v) is 1.23. The second-order valence-electron chi connectivity index (χ2n) is 3.47. The van der Waals surface area contributed by atoms with E-state index in [1.165, 1.54) is 12.1 Å². The zero-order valence-corrected chi connectivity index (χ0v) is 9.60. The summed E-state index contributed by atoms with van der Waals surface area (Å²) < 4.78 is 4.88. The number of ether oxygens (including phenoxy) is 1.